The Hall–Kier alpha value is -1.31. The fourth-order valence-electron chi connectivity index (χ4n) is 1.69. The minimum Gasteiger partial charge on any atom is -0.361 e. The van der Waals surface area contributed by atoms with Gasteiger partial charge in [0.2, 0.25) is 0 Å². The first-order valence-corrected chi connectivity index (χ1v) is 4.49. The molecule has 68 valence electrons. The summed E-state index contributed by atoms with van der Waals surface area (Å²) in [4.78, 5) is 3.04. The molecule has 1 heterocycles. The summed E-state index contributed by atoms with van der Waals surface area (Å²) in [6, 6.07) is 3.88. The monoisotopic (exact) mass is 177 g/mol. The Labute approximate surface area is 76.6 Å². The SMILES string of the molecule is CCc1cc2cc[nH]c2c(C)c1F. The van der Waals surface area contributed by atoms with Crippen molar-refractivity contribution >= 4 is 10.9 Å². The van der Waals surface area contributed by atoms with Crippen LogP contribution >= 0.6 is 0 Å². The van der Waals surface area contributed by atoms with Crippen LogP contribution in [-0.2, 0) is 6.42 Å². The van der Waals surface area contributed by atoms with Gasteiger partial charge in [-0.3, -0.25) is 0 Å². The van der Waals surface area contributed by atoms with Crippen molar-refractivity contribution in [2.24, 2.45) is 0 Å². The van der Waals surface area contributed by atoms with Crippen molar-refractivity contribution in [1.82, 2.24) is 4.98 Å². The van der Waals surface area contributed by atoms with Gasteiger partial charge in [0.15, 0.2) is 0 Å². The molecular formula is C11H12FN. The van der Waals surface area contributed by atoms with Crippen molar-refractivity contribution in [2.45, 2.75) is 20.3 Å². The minimum atomic E-state index is -0.0718. The number of hydrogen-bond donors (Lipinski definition) is 1. The predicted molar refractivity (Wildman–Crippen MR) is 52.4 cm³/mol. The number of H-pyrrole nitrogens is 1. The van der Waals surface area contributed by atoms with Crippen LogP contribution in [0, 0.1) is 12.7 Å². The summed E-state index contributed by atoms with van der Waals surface area (Å²) in [6.07, 6.45) is 2.59. The van der Waals surface area contributed by atoms with Crippen LogP contribution in [0.5, 0.6) is 0 Å². The Bertz CT molecular complexity index is 443. The molecule has 0 bridgehead atoms. The second kappa shape index (κ2) is 2.87. The molecule has 1 N–H and O–H groups in total. The van der Waals surface area contributed by atoms with Crippen LogP contribution in [-0.4, -0.2) is 4.98 Å². The lowest BCUT2D eigenvalue weighted by molar-refractivity contribution is 0.605. The van der Waals surface area contributed by atoms with Gasteiger partial charge in [0, 0.05) is 17.1 Å². The molecule has 1 nitrogen and oxygen atoms in total. The molecule has 2 rings (SSSR count). The van der Waals surface area contributed by atoms with E-state index in [1.807, 2.05) is 32.2 Å². The van der Waals surface area contributed by atoms with Crippen molar-refractivity contribution in [2.75, 3.05) is 0 Å². The van der Waals surface area contributed by atoms with Gasteiger partial charge in [-0.25, -0.2) is 4.39 Å². The maximum Gasteiger partial charge on any atom is 0.131 e. The third-order valence-corrected chi connectivity index (χ3v) is 2.48. The number of aromatic amines is 1. The molecule has 1 aromatic heterocycles. The first kappa shape index (κ1) is 8.30. The van der Waals surface area contributed by atoms with Crippen molar-refractivity contribution in [3.8, 4) is 0 Å². The predicted octanol–water partition coefficient (Wildman–Crippen LogP) is 3.18. The molecular weight excluding hydrogens is 165 g/mol. The third kappa shape index (κ3) is 1.13. The Balaban J connectivity index is 2.83. The number of benzene rings is 1. The fourth-order valence-corrected chi connectivity index (χ4v) is 1.69. The zero-order valence-corrected chi connectivity index (χ0v) is 7.82. The molecule has 0 saturated heterocycles. The van der Waals surface area contributed by atoms with Crippen LogP contribution in [0.2, 0.25) is 0 Å². The molecule has 0 unspecified atom stereocenters. The number of nitrogens with one attached hydrogen (secondary N) is 1. The summed E-state index contributed by atoms with van der Waals surface area (Å²) in [7, 11) is 0. The molecule has 2 aromatic rings. The Morgan fingerprint density at radius 2 is 2.23 bits per heavy atom. The largest absolute Gasteiger partial charge is 0.361 e. The van der Waals surface area contributed by atoms with Crippen LogP contribution in [0.3, 0.4) is 0 Å². The fraction of sp³-hybridized carbons (Fsp3) is 0.273. The number of fused-ring (bicyclic) bond motifs is 1. The van der Waals surface area contributed by atoms with Gasteiger partial charge in [0.05, 0.1) is 5.52 Å². The second-order valence-electron chi connectivity index (χ2n) is 3.27. The minimum absolute atomic E-state index is 0.0718. The number of rotatable bonds is 1. The summed E-state index contributed by atoms with van der Waals surface area (Å²) < 4.78 is 13.6. The highest BCUT2D eigenvalue weighted by Crippen LogP contribution is 2.23. The highest BCUT2D eigenvalue weighted by atomic mass is 19.1. The molecule has 0 aliphatic heterocycles. The summed E-state index contributed by atoms with van der Waals surface area (Å²) in [5.41, 5.74) is 2.43. The van der Waals surface area contributed by atoms with Crippen molar-refractivity contribution < 1.29 is 4.39 Å². The second-order valence-corrected chi connectivity index (χ2v) is 3.27. The van der Waals surface area contributed by atoms with E-state index in [1.54, 1.807) is 0 Å². The molecule has 1 aromatic carbocycles. The molecule has 13 heavy (non-hydrogen) atoms. The van der Waals surface area contributed by atoms with Crippen molar-refractivity contribution in [1.29, 1.82) is 0 Å². The molecule has 0 amide bonds. The smallest absolute Gasteiger partial charge is 0.131 e. The van der Waals surface area contributed by atoms with E-state index in [1.165, 1.54) is 0 Å². The Kier molecular flexibility index (Phi) is 1.83. The van der Waals surface area contributed by atoms with Gasteiger partial charge in [-0.05, 0) is 31.0 Å². The van der Waals surface area contributed by atoms with E-state index in [4.69, 9.17) is 0 Å². The average Bonchev–Trinajstić information content (AvgIpc) is 2.59. The van der Waals surface area contributed by atoms with E-state index >= 15 is 0 Å². The number of halogens is 1. The summed E-state index contributed by atoms with van der Waals surface area (Å²) >= 11 is 0. The van der Waals surface area contributed by atoms with E-state index in [9.17, 15) is 4.39 Å². The van der Waals surface area contributed by atoms with Crippen LogP contribution in [0.15, 0.2) is 18.3 Å². The van der Waals surface area contributed by atoms with Crippen molar-refractivity contribution in [3.63, 3.8) is 0 Å². The molecule has 0 saturated carbocycles. The lowest BCUT2D eigenvalue weighted by atomic mass is 10.0. The lowest BCUT2D eigenvalue weighted by Crippen LogP contribution is -1.92. The summed E-state index contributed by atoms with van der Waals surface area (Å²) in [6.45, 7) is 3.78. The molecule has 0 spiro atoms. The molecule has 2 heteroatoms. The highest BCUT2D eigenvalue weighted by molar-refractivity contribution is 5.83. The van der Waals surface area contributed by atoms with Gasteiger partial charge in [-0.15, -0.1) is 0 Å². The first-order chi connectivity index (χ1) is 6.24. The molecule has 0 fully saturated rings. The van der Waals surface area contributed by atoms with Crippen LogP contribution in [0.4, 0.5) is 4.39 Å². The van der Waals surface area contributed by atoms with Gasteiger partial charge < -0.3 is 4.98 Å². The molecule has 0 atom stereocenters. The Morgan fingerprint density at radius 1 is 1.46 bits per heavy atom. The first-order valence-electron chi connectivity index (χ1n) is 4.49. The van der Waals surface area contributed by atoms with Crippen molar-refractivity contribution in [3.05, 3.63) is 35.3 Å². The molecule has 0 aliphatic rings. The zero-order chi connectivity index (χ0) is 9.42. The normalized spacial score (nSPS) is 11.0. The maximum atomic E-state index is 13.6. The molecule has 0 radical (unpaired) electrons. The summed E-state index contributed by atoms with van der Waals surface area (Å²) in [5, 5.41) is 1.09. The average molecular weight is 177 g/mol. The number of hydrogen-bond acceptors (Lipinski definition) is 0. The number of aryl methyl sites for hydroxylation is 2. The van der Waals surface area contributed by atoms with Gasteiger partial charge >= 0.3 is 0 Å². The van der Waals surface area contributed by atoms with E-state index in [0.29, 0.717) is 0 Å². The lowest BCUT2D eigenvalue weighted by Gasteiger charge is -2.04. The Morgan fingerprint density at radius 3 is 2.92 bits per heavy atom. The summed E-state index contributed by atoms with van der Waals surface area (Å²) in [5.74, 6) is -0.0718. The highest BCUT2D eigenvalue weighted by Gasteiger charge is 2.08. The standard InChI is InChI=1S/C11H12FN/c1-3-8-6-9-4-5-13-11(9)7(2)10(8)12/h4-6,13H,3H2,1-2H3. The molecule has 0 aliphatic carbocycles. The zero-order valence-electron chi connectivity index (χ0n) is 7.82. The van der Waals surface area contributed by atoms with Crippen LogP contribution in [0.1, 0.15) is 18.1 Å². The van der Waals surface area contributed by atoms with Gasteiger partial charge in [0.25, 0.3) is 0 Å². The van der Waals surface area contributed by atoms with Gasteiger partial charge in [-0.1, -0.05) is 6.92 Å². The quantitative estimate of drug-likeness (QED) is 0.688. The third-order valence-electron chi connectivity index (χ3n) is 2.48. The van der Waals surface area contributed by atoms with E-state index in [0.717, 1.165) is 28.5 Å². The van der Waals surface area contributed by atoms with Gasteiger partial charge in [-0.2, -0.15) is 0 Å². The van der Waals surface area contributed by atoms with Crippen LogP contribution in [0.25, 0.3) is 10.9 Å². The van der Waals surface area contributed by atoms with E-state index in [-0.39, 0.29) is 5.82 Å². The topological polar surface area (TPSA) is 15.8 Å². The van der Waals surface area contributed by atoms with E-state index < -0.39 is 0 Å². The van der Waals surface area contributed by atoms with E-state index in [2.05, 4.69) is 4.98 Å². The number of aromatic nitrogens is 1. The van der Waals surface area contributed by atoms with Crippen LogP contribution < -0.4 is 0 Å². The maximum absolute atomic E-state index is 13.6. The van der Waals surface area contributed by atoms with Gasteiger partial charge in [0.1, 0.15) is 5.82 Å².